The zero-order valence-corrected chi connectivity index (χ0v) is 16.5. The average molecular weight is 370 g/mol. The highest BCUT2D eigenvalue weighted by Crippen LogP contribution is 2.43. The van der Waals surface area contributed by atoms with E-state index in [-0.39, 0.29) is 5.91 Å². The molecule has 2 fully saturated rings. The van der Waals surface area contributed by atoms with Gasteiger partial charge in [0.05, 0.1) is 5.00 Å². The average Bonchev–Trinajstić information content (AvgIpc) is 3.03. The summed E-state index contributed by atoms with van der Waals surface area (Å²) >= 11 is 1.89. The fraction of sp³-hybridized carbons (Fsp3) is 0.476. The van der Waals surface area contributed by atoms with Crippen molar-refractivity contribution < 1.29 is 4.79 Å². The lowest BCUT2D eigenvalue weighted by molar-refractivity contribution is -0.139. The summed E-state index contributed by atoms with van der Waals surface area (Å²) in [7, 11) is 4.02. The van der Waals surface area contributed by atoms with Crippen molar-refractivity contribution in [1.82, 2.24) is 9.80 Å². The van der Waals surface area contributed by atoms with Crippen LogP contribution in [0.4, 0.5) is 5.00 Å². The number of hydrogen-bond donors (Lipinski definition) is 0. The number of rotatable bonds is 4. The standard InChI is InChI=1S/C21H27N3OS/c1-22(2)11-5-8-19(25)24-15-21(16-24)9-12-23(13-10-21)20-14-17-6-3-4-7-18(17)26-20/h3-8,14H,9-13,15-16H2,1-2H3/b8-5+. The molecule has 1 aromatic heterocycles. The Morgan fingerprint density at radius 3 is 2.65 bits per heavy atom. The molecule has 26 heavy (non-hydrogen) atoms. The smallest absolute Gasteiger partial charge is 0.246 e. The Hall–Kier alpha value is -1.85. The van der Waals surface area contributed by atoms with Crippen molar-refractivity contribution in [2.75, 3.05) is 51.7 Å². The van der Waals surface area contributed by atoms with E-state index in [2.05, 4.69) is 40.1 Å². The summed E-state index contributed by atoms with van der Waals surface area (Å²) in [5.74, 6) is 0.171. The zero-order valence-electron chi connectivity index (χ0n) is 15.6. The number of anilines is 1. The van der Waals surface area contributed by atoms with Crippen molar-refractivity contribution in [3.05, 3.63) is 42.5 Å². The summed E-state index contributed by atoms with van der Waals surface area (Å²) in [5, 5.41) is 2.73. The molecule has 2 aliphatic heterocycles. The minimum atomic E-state index is 0.171. The number of piperidine rings is 1. The molecule has 5 heteroatoms. The first kappa shape index (κ1) is 17.6. The Balaban J connectivity index is 1.30. The van der Waals surface area contributed by atoms with Crippen LogP contribution in [-0.2, 0) is 4.79 Å². The number of likely N-dealkylation sites (N-methyl/N-ethyl adjacent to an activating group) is 1. The predicted molar refractivity (Wildman–Crippen MR) is 110 cm³/mol. The van der Waals surface area contributed by atoms with E-state index in [0.717, 1.165) is 32.7 Å². The summed E-state index contributed by atoms with van der Waals surface area (Å²) in [6.07, 6.45) is 6.06. The van der Waals surface area contributed by atoms with Crippen LogP contribution >= 0.6 is 11.3 Å². The Morgan fingerprint density at radius 1 is 1.23 bits per heavy atom. The highest BCUT2D eigenvalue weighted by atomic mass is 32.1. The first-order valence-electron chi connectivity index (χ1n) is 9.38. The maximum Gasteiger partial charge on any atom is 0.246 e. The van der Waals surface area contributed by atoms with Crippen LogP contribution in [0.15, 0.2) is 42.5 Å². The number of carbonyl (C=O) groups is 1. The minimum absolute atomic E-state index is 0.171. The van der Waals surface area contributed by atoms with E-state index in [1.54, 1.807) is 6.08 Å². The normalized spacial score (nSPS) is 19.7. The molecule has 2 aromatic rings. The molecule has 4 rings (SSSR count). The van der Waals surface area contributed by atoms with Gasteiger partial charge in [0.2, 0.25) is 5.91 Å². The Morgan fingerprint density at radius 2 is 1.96 bits per heavy atom. The summed E-state index contributed by atoms with van der Waals surface area (Å²) in [5.41, 5.74) is 0.359. The van der Waals surface area contributed by atoms with Crippen LogP contribution in [0.3, 0.4) is 0 Å². The first-order valence-corrected chi connectivity index (χ1v) is 10.2. The Labute approximate surface area is 159 Å². The molecular weight excluding hydrogens is 342 g/mol. The number of thiophene rings is 1. The third-order valence-electron chi connectivity index (χ3n) is 5.64. The predicted octanol–water partition coefficient (Wildman–Crippen LogP) is 3.45. The molecule has 0 aliphatic carbocycles. The van der Waals surface area contributed by atoms with Crippen molar-refractivity contribution in [3.8, 4) is 0 Å². The van der Waals surface area contributed by atoms with Crippen LogP contribution in [0.25, 0.3) is 10.1 Å². The quantitative estimate of drug-likeness (QED) is 0.773. The van der Waals surface area contributed by atoms with E-state index >= 15 is 0 Å². The van der Waals surface area contributed by atoms with Gasteiger partial charge in [-0.2, -0.15) is 0 Å². The van der Waals surface area contributed by atoms with Gasteiger partial charge in [-0.1, -0.05) is 24.3 Å². The van der Waals surface area contributed by atoms with Gasteiger partial charge < -0.3 is 14.7 Å². The van der Waals surface area contributed by atoms with Gasteiger partial charge in [0.1, 0.15) is 0 Å². The van der Waals surface area contributed by atoms with Gasteiger partial charge in [-0.3, -0.25) is 4.79 Å². The summed E-state index contributed by atoms with van der Waals surface area (Å²) in [6.45, 7) is 4.88. The van der Waals surface area contributed by atoms with Crippen molar-refractivity contribution in [1.29, 1.82) is 0 Å². The number of nitrogens with zero attached hydrogens (tertiary/aromatic N) is 3. The second-order valence-corrected chi connectivity index (χ2v) is 9.03. The summed E-state index contributed by atoms with van der Waals surface area (Å²) in [6, 6.07) is 10.9. The van der Waals surface area contributed by atoms with Crippen LogP contribution < -0.4 is 4.90 Å². The molecular formula is C21H27N3OS. The summed E-state index contributed by atoms with van der Waals surface area (Å²) in [4.78, 5) is 18.8. The van der Waals surface area contributed by atoms with Gasteiger partial charge in [-0.05, 0) is 44.5 Å². The van der Waals surface area contributed by atoms with Gasteiger partial charge in [-0.25, -0.2) is 0 Å². The van der Waals surface area contributed by atoms with Crippen LogP contribution in [0.5, 0.6) is 0 Å². The molecule has 3 heterocycles. The molecule has 1 amide bonds. The van der Waals surface area contributed by atoms with E-state index in [4.69, 9.17) is 0 Å². The highest BCUT2D eigenvalue weighted by Gasteiger charge is 2.46. The number of hydrogen-bond acceptors (Lipinski definition) is 4. The minimum Gasteiger partial charge on any atom is -0.363 e. The van der Waals surface area contributed by atoms with E-state index < -0.39 is 0 Å². The number of carbonyl (C=O) groups excluding carboxylic acids is 1. The largest absolute Gasteiger partial charge is 0.363 e. The number of amides is 1. The number of benzene rings is 1. The van der Waals surface area contributed by atoms with Gasteiger partial charge in [0, 0.05) is 48.9 Å². The van der Waals surface area contributed by atoms with Crippen molar-refractivity contribution in [2.24, 2.45) is 5.41 Å². The lowest BCUT2D eigenvalue weighted by Crippen LogP contribution is -2.61. The van der Waals surface area contributed by atoms with E-state index in [9.17, 15) is 4.79 Å². The maximum atomic E-state index is 12.2. The third kappa shape index (κ3) is 3.51. The van der Waals surface area contributed by atoms with E-state index in [1.165, 1.54) is 27.9 Å². The van der Waals surface area contributed by atoms with E-state index in [1.807, 2.05) is 36.4 Å². The molecule has 0 saturated carbocycles. The zero-order chi connectivity index (χ0) is 18.1. The highest BCUT2D eigenvalue weighted by molar-refractivity contribution is 7.22. The second-order valence-electron chi connectivity index (χ2n) is 7.97. The Kier molecular flexibility index (Phi) is 4.76. The second kappa shape index (κ2) is 7.05. The molecule has 138 valence electrons. The van der Waals surface area contributed by atoms with Crippen molar-refractivity contribution in [3.63, 3.8) is 0 Å². The fourth-order valence-corrected chi connectivity index (χ4v) is 5.14. The molecule has 1 aromatic carbocycles. The SMILES string of the molecule is CN(C)C/C=C/C(=O)N1CC2(CCN(c3cc4ccccc4s3)CC2)C1. The molecule has 2 saturated heterocycles. The van der Waals surface area contributed by atoms with E-state index in [0.29, 0.717) is 5.41 Å². The number of fused-ring (bicyclic) bond motifs is 1. The lowest BCUT2D eigenvalue weighted by Gasteiger charge is -2.54. The Bertz CT molecular complexity index is 777. The van der Waals surface area contributed by atoms with Crippen LogP contribution in [0.2, 0.25) is 0 Å². The molecule has 0 N–H and O–H groups in total. The van der Waals surface area contributed by atoms with Crippen LogP contribution in [-0.4, -0.2) is 62.5 Å². The fourth-order valence-electron chi connectivity index (χ4n) is 4.03. The molecule has 0 unspecified atom stereocenters. The van der Waals surface area contributed by atoms with Gasteiger partial charge in [0.25, 0.3) is 0 Å². The monoisotopic (exact) mass is 369 g/mol. The molecule has 4 nitrogen and oxygen atoms in total. The molecule has 0 radical (unpaired) electrons. The van der Waals surface area contributed by atoms with Gasteiger partial charge in [-0.15, -0.1) is 11.3 Å². The van der Waals surface area contributed by atoms with Crippen LogP contribution in [0.1, 0.15) is 12.8 Å². The van der Waals surface area contributed by atoms with Crippen LogP contribution in [0, 0.1) is 5.41 Å². The molecule has 2 aliphatic rings. The number of likely N-dealkylation sites (tertiary alicyclic amines) is 1. The maximum absolute atomic E-state index is 12.2. The molecule has 0 atom stereocenters. The first-order chi connectivity index (χ1) is 12.5. The summed E-state index contributed by atoms with van der Waals surface area (Å²) < 4.78 is 1.37. The van der Waals surface area contributed by atoms with Crippen molar-refractivity contribution in [2.45, 2.75) is 12.8 Å². The van der Waals surface area contributed by atoms with Crippen molar-refractivity contribution >= 4 is 32.3 Å². The topological polar surface area (TPSA) is 26.8 Å². The van der Waals surface area contributed by atoms with Gasteiger partial charge in [0.15, 0.2) is 0 Å². The van der Waals surface area contributed by atoms with Gasteiger partial charge >= 0.3 is 0 Å². The lowest BCUT2D eigenvalue weighted by atomic mass is 9.72. The molecule has 1 spiro atoms. The molecule has 0 bridgehead atoms. The third-order valence-corrected chi connectivity index (χ3v) is 6.82.